The number of carbonyl (C=O) groups excluding carboxylic acids is 2. The van der Waals surface area contributed by atoms with Crippen molar-refractivity contribution in [2.75, 3.05) is 25.7 Å². The molecule has 5 rings (SSSR count). The van der Waals surface area contributed by atoms with Gasteiger partial charge in [0.05, 0.1) is 30.5 Å². The van der Waals surface area contributed by atoms with Crippen LogP contribution in [0.2, 0.25) is 5.02 Å². The van der Waals surface area contributed by atoms with E-state index in [0.717, 1.165) is 26.7 Å². The molecule has 1 saturated heterocycles. The molecule has 3 aromatic carbocycles. The number of fused-ring (bicyclic) bond motifs is 2. The van der Waals surface area contributed by atoms with E-state index >= 15 is 0 Å². The van der Waals surface area contributed by atoms with Gasteiger partial charge in [0.15, 0.2) is 11.5 Å². The van der Waals surface area contributed by atoms with Gasteiger partial charge in [-0.1, -0.05) is 65.5 Å². The third kappa shape index (κ3) is 5.09. The first-order valence-electron chi connectivity index (χ1n) is 11.3. The van der Waals surface area contributed by atoms with Gasteiger partial charge in [-0.15, -0.1) is 0 Å². The van der Waals surface area contributed by atoms with Crippen LogP contribution in [0.4, 0.5) is 11.4 Å². The quantitative estimate of drug-likeness (QED) is 0.240. The number of hydrogen-bond donors (Lipinski definition) is 0. The molecule has 1 fully saturated rings. The van der Waals surface area contributed by atoms with Crippen molar-refractivity contribution in [2.45, 2.75) is 16.2 Å². The molecule has 0 radical (unpaired) electrons. The summed E-state index contributed by atoms with van der Waals surface area (Å²) < 4.78 is 11.1. The second-order valence-electron chi connectivity index (χ2n) is 8.11. The highest BCUT2D eigenvalue weighted by molar-refractivity contribution is 8.26. The molecule has 0 unspecified atom stereocenters. The number of halogens is 1. The first kappa shape index (κ1) is 25.7. The average Bonchev–Trinajstić information content (AvgIpc) is 3.17. The van der Waals surface area contributed by atoms with Crippen molar-refractivity contribution in [3.8, 4) is 11.5 Å². The van der Waals surface area contributed by atoms with Gasteiger partial charge in [0, 0.05) is 27.8 Å². The Hall–Kier alpha value is -2.98. The number of thioether (sulfide) groups is 1. The molecule has 2 aliphatic rings. The highest BCUT2D eigenvalue weighted by Gasteiger charge is 2.34. The van der Waals surface area contributed by atoms with E-state index in [0.29, 0.717) is 25.7 Å². The van der Waals surface area contributed by atoms with Crippen LogP contribution in [0.1, 0.15) is 12.0 Å². The molecule has 2 heterocycles. The Morgan fingerprint density at radius 2 is 1.73 bits per heavy atom. The molecule has 0 spiro atoms. The van der Waals surface area contributed by atoms with Gasteiger partial charge in [0.1, 0.15) is 4.32 Å². The van der Waals surface area contributed by atoms with Crippen molar-refractivity contribution in [2.24, 2.45) is 0 Å². The maximum atomic E-state index is 13.6. The lowest BCUT2D eigenvalue weighted by Gasteiger charge is -2.31. The normalized spacial score (nSPS) is 15.6. The number of thiocarbonyl (C=S) groups is 1. The maximum absolute atomic E-state index is 13.6. The van der Waals surface area contributed by atoms with E-state index < -0.39 is 0 Å². The zero-order valence-electron chi connectivity index (χ0n) is 19.9. The van der Waals surface area contributed by atoms with E-state index in [-0.39, 0.29) is 24.8 Å². The van der Waals surface area contributed by atoms with Crippen LogP contribution in [0, 0.1) is 0 Å². The van der Waals surface area contributed by atoms with Crippen LogP contribution < -0.4 is 14.4 Å². The number of ether oxygens (including phenoxy) is 2. The van der Waals surface area contributed by atoms with Gasteiger partial charge in [-0.05, 0) is 54.1 Å². The smallest absolute Gasteiger partial charge is 0.266 e. The molecule has 2 aliphatic heterocycles. The number of hydrogen-bond acceptors (Lipinski definition) is 7. The standard InChI is InChI=1S/C27H21ClN2O4S3/c1-33-20-9-7-16(13-21(20)34-2)14-24-26(32)29(27(35)37-24)12-11-25(31)30-18-5-3-4-6-22(18)36-23-10-8-17(28)15-19(23)30/h3-10,13-15H,11-12H2,1-2H3/b24-14-. The molecular formula is C27H21ClN2O4S3. The molecule has 0 aromatic heterocycles. The Bertz CT molecular complexity index is 1460. The topological polar surface area (TPSA) is 59.1 Å². The maximum Gasteiger partial charge on any atom is 0.266 e. The first-order chi connectivity index (χ1) is 17.9. The van der Waals surface area contributed by atoms with Gasteiger partial charge in [-0.2, -0.15) is 0 Å². The molecule has 0 N–H and O–H groups in total. The predicted octanol–water partition coefficient (Wildman–Crippen LogP) is 6.78. The Kier molecular flexibility index (Phi) is 7.48. The summed E-state index contributed by atoms with van der Waals surface area (Å²) in [5.74, 6) is 0.800. The fraction of sp³-hybridized carbons (Fsp3) is 0.148. The summed E-state index contributed by atoms with van der Waals surface area (Å²) in [6, 6.07) is 18.7. The minimum Gasteiger partial charge on any atom is -0.493 e. The zero-order chi connectivity index (χ0) is 26.1. The average molecular weight is 569 g/mol. The van der Waals surface area contributed by atoms with Gasteiger partial charge >= 0.3 is 0 Å². The lowest BCUT2D eigenvalue weighted by Crippen LogP contribution is -2.35. The van der Waals surface area contributed by atoms with Crippen LogP contribution in [-0.2, 0) is 9.59 Å². The fourth-order valence-corrected chi connectivity index (χ4v) is 6.62. The Morgan fingerprint density at radius 3 is 2.51 bits per heavy atom. The van der Waals surface area contributed by atoms with Crippen molar-refractivity contribution in [3.05, 3.63) is 76.2 Å². The van der Waals surface area contributed by atoms with Crippen LogP contribution in [-0.4, -0.2) is 41.8 Å². The third-order valence-electron chi connectivity index (χ3n) is 5.87. The molecule has 3 aromatic rings. The number of rotatable bonds is 6. The first-order valence-corrected chi connectivity index (χ1v) is 13.7. The number of methoxy groups -OCH3 is 2. The zero-order valence-corrected chi connectivity index (χ0v) is 23.1. The van der Waals surface area contributed by atoms with Crippen LogP contribution in [0.25, 0.3) is 6.08 Å². The Labute approximate surface area is 233 Å². The summed E-state index contributed by atoms with van der Waals surface area (Å²) in [5.41, 5.74) is 2.32. The number of carbonyl (C=O) groups is 2. The number of amides is 2. The minimum atomic E-state index is -0.226. The molecule has 0 bridgehead atoms. The van der Waals surface area contributed by atoms with E-state index in [1.807, 2.05) is 42.5 Å². The summed E-state index contributed by atoms with van der Waals surface area (Å²) in [6.07, 6.45) is 1.86. The van der Waals surface area contributed by atoms with Crippen molar-refractivity contribution < 1.29 is 19.1 Å². The molecule has 6 nitrogen and oxygen atoms in total. The molecule has 188 valence electrons. The molecular weight excluding hydrogens is 548 g/mol. The van der Waals surface area contributed by atoms with Gasteiger partial charge in [0.25, 0.3) is 5.91 Å². The third-order valence-corrected chi connectivity index (χ3v) is 8.61. The van der Waals surface area contributed by atoms with E-state index in [1.165, 1.54) is 16.7 Å². The lowest BCUT2D eigenvalue weighted by atomic mass is 10.1. The molecule has 10 heteroatoms. The highest BCUT2D eigenvalue weighted by atomic mass is 35.5. The highest BCUT2D eigenvalue weighted by Crippen LogP contribution is 2.49. The minimum absolute atomic E-state index is 0.0982. The molecule has 0 atom stereocenters. The summed E-state index contributed by atoms with van der Waals surface area (Å²) in [5, 5.41) is 0.550. The monoisotopic (exact) mass is 568 g/mol. The molecule has 37 heavy (non-hydrogen) atoms. The number of benzene rings is 3. The van der Waals surface area contributed by atoms with E-state index in [1.54, 1.807) is 55.2 Å². The van der Waals surface area contributed by atoms with Crippen molar-refractivity contribution >= 4 is 80.9 Å². The molecule has 0 saturated carbocycles. The summed E-state index contributed by atoms with van der Waals surface area (Å²) in [7, 11) is 3.13. The van der Waals surface area contributed by atoms with E-state index in [4.69, 9.17) is 33.3 Å². The van der Waals surface area contributed by atoms with Gasteiger partial charge in [0.2, 0.25) is 5.91 Å². The van der Waals surface area contributed by atoms with Gasteiger partial charge in [-0.25, -0.2) is 0 Å². The summed E-state index contributed by atoms with van der Waals surface area (Å²) in [6.45, 7) is 0.175. The van der Waals surface area contributed by atoms with E-state index in [9.17, 15) is 9.59 Å². The Morgan fingerprint density at radius 1 is 0.973 bits per heavy atom. The molecule has 0 aliphatic carbocycles. The fourth-order valence-electron chi connectivity index (χ4n) is 4.10. The summed E-state index contributed by atoms with van der Waals surface area (Å²) in [4.78, 5) is 32.3. The largest absolute Gasteiger partial charge is 0.493 e. The van der Waals surface area contributed by atoms with Gasteiger partial charge < -0.3 is 9.47 Å². The van der Waals surface area contributed by atoms with Crippen molar-refractivity contribution in [1.29, 1.82) is 0 Å². The van der Waals surface area contributed by atoms with Crippen LogP contribution in [0.15, 0.2) is 75.4 Å². The van der Waals surface area contributed by atoms with Crippen LogP contribution >= 0.6 is 47.3 Å². The summed E-state index contributed by atoms with van der Waals surface area (Å²) >= 11 is 14.6. The van der Waals surface area contributed by atoms with Crippen LogP contribution in [0.5, 0.6) is 11.5 Å². The number of nitrogens with zero attached hydrogens (tertiary/aromatic N) is 2. The second kappa shape index (κ2) is 10.8. The second-order valence-corrected chi connectivity index (χ2v) is 11.3. The van der Waals surface area contributed by atoms with Crippen molar-refractivity contribution in [3.63, 3.8) is 0 Å². The van der Waals surface area contributed by atoms with Gasteiger partial charge in [-0.3, -0.25) is 19.4 Å². The Balaban J connectivity index is 1.35. The molecule has 2 amide bonds. The predicted molar refractivity (Wildman–Crippen MR) is 153 cm³/mol. The number of para-hydroxylation sites is 1. The SMILES string of the molecule is COc1ccc(/C=C2\SC(=S)N(CCC(=O)N3c4ccccc4Sc4ccc(Cl)cc43)C2=O)cc1OC. The van der Waals surface area contributed by atoms with Crippen molar-refractivity contribution in [1.82, 2.24) is 4.90 Å². The van der Waals surface area contributed by atoms with E-state index in [2.05, 4.69) is 0 Å². The van der Waals surface area contributed by atoms with Crippen LogP contribution in [0.3, 0.4) is 0 Å². The number of anilines is 2. The lowest BCUT2D eigenvalue weighted by molar-refractivity contribution is -0.123.